The van der Waals surface area contributed by atoms with Gasteiger partial charge in [0.2, 0.25) is 0 Å². The van der Waals surface area contributed by atoms with E-state index < -0.39 is 118 Å². The number of carbonyl (C=O) groups excluding carboxylic acids is 2. The van der Waals surface area contributed by atoms with Gasteiger partial charge in [0.15, 0.2) is 5.41 Å². The van der Waals surface area contributed by atoms with Gasteiger partial charge < -0.3 is 19.8 Å². The van der Waals surface area contributed by atoms with E-state index in [0.29, 0.717) is 0 Å². The third-order valence-electron chi connectivity index (χ3n) is 7.39. The predicted molar refractivity (Wildman–Crippen MR) is 103 cm³/mol. The highest BCUT2D eigenvalue weighted by atomic mass is 19.4. The van der Waals surface area contributed by atoms with Gasteiger partial charge in [0.25, 0.3) is 0 Å². The third kappa shape index (κ3) is 6.08. The summed E-state index contributed by atoms with van der Waals surface area (Å²) in [4.78, 5) is 22.3. The highest BCUT2D eigenvalue weighted by Crippen LogP contribution is 2.72. The topological polar surface area (TPSA) is 80.3 Å². The molecule has 4 nitrogen and oxygen atoms in total. The second-order valence-corrected chi connectivity index (χ2v) is 10.8. The van der Waals surface area contributed by atoms with Crippen molar-refractivity contribution >= 4 is 11.9 Å². The minimum atomic E-state index is -10.3. The normalized spacial score (nSPS) is 16.6. The molecule has 0 saturated heterocycles. The molecule has 0 unspecified atom stereocenters. The largest absolute Gasteiger partial charge is 0.549 e. The zero-order valence-corrected chi connectivity index (χ0v) is 25.2. The zero-order valence-electron chi connectivity index (χ0n) is 25.2. The summed E-state index contributed by atoms with van der Waals surface area (Å²) in [5, 5.41) is 22.3. The molecule has 0 heterocycles. The molecule has 0 aromatic carbocycles. The lowest BCUT2D eigenvalue weighted by Crippen LogP contribution is -2.82. The fraction of sp³-hybridized carbons (Fsp3) is 0.810. The van der Waals surface area contributed by atoms with Gasteiger partial charge in [-0.25, -0.2) is 0 Å². The Morgan fingerprint density at radius 1 is 0.271 bits per heavy atom. The van der Waals surface area contributed by atoms with Gasteiger partial charge in [-0.15, -0.1) is 0 Å². The molecule has 0 aliphatic rings. The van der Waals surface area contributed by atoms with Crippen molar-refractivity contribution in [1.29, 1.82) is 0 Å². The van der Waals surface area contributed by atoms with Crippen LogP contribution in [0.25, 0.3) is 0 Å². The molecule has 59 heavy (non-hydrogen) atoms. The highest BCUT2D eigenvalue weighted by molar-refractivity contribution is 5.96. The summed E-state index contributed by atoms with van der Waals surface area (Å²) in [6, 6.07) is 0. The molecule has 38 heteroatoms. The molecule has 0 radical (unpaired) electrons. The fourth-order valence-corrected chi connectivity index (χ4v) is 3.91. The van der Waals surface area contributed by atoms with Crippen molar-refractivity contribution in [1.82, 2.24) is 0 Å². The van der Waals surface area contributed by atoms with Crippen molar-refractivity contribution in [3.63, 3.8) is 0 Å². The lowest BCUT2D eigenvalue weighted by atomic mass is 9.63. The molecule has 0 amide bonds. The molecule has 0 fully saturated rings. The lowest BCUT2D eigenvalue weighted by Gasteiger charge is -2.53. The number of hydrogen-bond acceptors (Lipinski definition) is 4. The Hall–Kier alpha value is -3.70. The van der Waals surface area contributed by atoms with Crippen LogP contribution in [0.15, 0.2) is 12.2 Å². The molecule has 0 aliphatic carbocycles. The summed E-state index contributed by atoms with van der Waals surface area (Å²) in [6.45, 7) is 0.732. The Labute approximate surface area is 295 Å². The first-order chi connectivity index (χ1) is 24.8. The summed E-state index contributed by atoms with van der Waals surface area (Å²) >= 11 is 0. The van der Waals surface area contributed by atoms with Crippen LogP contribution in [-0.4, -0.2) is 107 Å². The van der Waals surface area contributed by atoms with Gasteiger partial charge in [0.05, 0.1) is 11.9 Å². The number of carbonyl (C=O) groups is 2. The Morgan fingerprint density at radius 2 is 0.407 bits per heavy atom. The minimum absolute atomic E-state index is 0.732. The lowest BCUT2D eigenvalue weighted by molar-refractivity contribution is -0.483. The van der Waals surface area contributed by atoms with E-state index in [0.717, 1.165) is 6.58 Å². The van der Waals surface area contributed by atoms with Crippen molar-refractivity contribution in [3.05, 3.63) is 12.2 Å². The third-order valence-corrected chi connectivity index (χ3v) is 7.39. The van der Waals surface area contributed by atoms with Crippen LogP contribution in [0.5, 0.6) is 0 Å². The molecule has 0 spiro atoms. The molecule has 0 N–H and O–H groups in total. The van der Waals surface area contributed by atoms with Crippen LogP contribution in [0.2, 0.25) is 0 Å². The summed E-state index contributed by atoms with van der Waals surface area (Å²) in [5.41, 5.74) is -14.7. The average molecular weight is 964 g/mol. The maximum atomic E-state index is 15.1. The zero-order chi connectivity index (χ0) is 49.2. The first-order valence-electron chi connectivity index (χ1n) is 12.3. The van der Waals surface area contributed by atoms with E-state index in [-0.39, 0.29) is 0 Å². The Kier molecular flexibility index (Phi) is 12.6. The molecule has 0 rings (SSSR count). The van der Waals surface area contributed by atoms with Gasteiger partial charge in [-0.1, -0.05) is 6.58 Å². The summed E-state index contributed by atoms with van der Waals surface area (Å²) in [5.74, 6) is -150. The van der Waals surface area contributed by atoms with Gasteiger partial charge in [-0.2, -0.15) is 149 Å². The van der Waals surface area contributed by atoms with Crippen LogP contribution in [0.3, 0.4) is 0 Å². The van der Waals surface area contributed by atoms with Crippen LogP contribution in [0, 0.1) is 5.41 Å². The summed E-state index contributed by atoms with van der Waals surface area (Å²) in [6.07, 6.45) is -17.0. The van der Waals surface area contributed by atoms with E-state index in [2.05, 4.69) is 0 Å². The molecule has 0 atom stereocenters. The predicted octanol–water partition coefficient (Wildman–Crippen LogP) is 8.05. The summed E-state index contributed by atoms with van der Waals surface area (Å²) < 4.78 is 466. The number of rotatable bonds is 17. The Morgan fingerprint density at radius 3 is 0.525 bits per heavy atom. The van der Waals surface area contributed by atoms with Crippen LogP contribution in [0.4, 0.5) is 149 Å². The number of hydrogen-bond donors (Lipinski definition) is 0. The van der Waals surface area contributed by atoms with Gasteiger partial charge in [0, 0.05) is 0 Å². The quantitative estimate of drug-likeness (QED) is 0.109. The molecule has 0 aromatic rings. The van der Waals surface area contributed by atoms with E-state index >= 15 is 17.6 Å². The van der Waals surface area contributed by atoms with Gasteiger partial charge in [0.1, 0.15) is 0 Å². The molecule has 0 saturated carbocycles. The van der Waals surface area contributed by atoms with Crippen LogP contribution in [-0.2, 0) is 9.59 Å². The van der Waals surface area contributed by atoms with Gasteiger partial charge >= 0.3 is 95.3 Å². The van der Waals surface area contributed by atoms with Crippen LogP contribution >= 0.6 is 0 Å². The fourth-order valence-electron chi connectivity index (χ4n) is 3.91. The monoisotopic (exact) mass is 964 g/mol. The maximum absolute atomic E-state index is 15.1. The Balaban J connectivity index is 8.81. The van der Waals surface area contributed by atoms with Crippen molar-refractivity contribution in [3.8, 4) is 0 Å². The molecule has 0 bridgehead atoms. The number of halogens is 34. The standard InChI is InChI=1S/C21H4F34O4/c1-2(3(56)57)5(4(58)59,6(22,23)8(26,27)10(30,31)12(34,35)14(38,39)16(42,43)18(46,47)20(50,51)52)7(24,25)9(28,29)11(32,33)13(36,37)15(40,41)17(44,45)19(48,49)21(53,54)55/h1H2,(H,56,57)(H,58,59)/p-2. The van der Waals surface area contributed by atoms with Gasteiger partial charge in [-0.3, -0.25) is 0 Å². The van der Waals surface area contributed by atoms with Gasteiger partial charge in [-0.05, 0) is 5.57 Å². The molecular weight excluding hydrogens is 962 g/mol. The number of aliphatic carboxylic acids is 2. The highest BCUT2D eigenvalue weighted by Gasteiger charge is 3.01. The van der Waals surface area contributed by atoms with E-state index in [1.807, 2.05) is 0 Å². The van der Waals surface area contributed by atoms with E-state index in [9.17, 15) is 152 Å². The minimum Gasteiger partial charge on any atom is -0.549 e. The summed E-state index contributed by atoms with van der Waals surface area (Å²) in [7, 11) is 0. The molecule has 350 valence electrons. The number of carboxylic acid groups (broad SMARTS) is 2. The van der Waals surface area contributed by atoms with Crippen LogP contribution < -0.4 is 10.2 Å². The SMILES string of the molecule is C=C(C(=O)[O-])C(C(=O)[O-])(C(F)(F)C(F)(F)C(F)(F)C(F)(F)C(F)(F)C(F)(F)C(F)(F)C(F)(F)F)C(F)(F)C(F)(F)C(F)(F)C(F)(F)C(F)(F)C(F)(F)C(F)(F)C(F)(F)F. The average Bonchev–Trinajstić information content (AvgIpc) is 2.98. The van der Waals surface area contributed by atoms with Crippen molar-refractivity contribution in [2.24, 2.45) is 5.41 Å². The smallest absolute Gasteiger partial charge is 0.460 e. The first kappa shape index (κ1) is 55.3. The van der Waals surface area contributed by atoms with Crippen molar-refractivity contribution in [2.45, 2.75) is 95.3 Å². The molecular formula is C21H2F34O4-2. The maximum Gasteiger partial charge on any atom is 0.460 e. The van der Waals surface area contributed by atoms with E-state index in [1.54, 1.807) is 0 Å². The number of alkyl halides is 34. The Bertz CT molecular complexity index is 1540. The molecule has 0 aromatic heterocycles. The number of carboxylic acids is 2. The van der Waals surface area contributed by atoms with Crippen molar-refractivity contribution < 1.29 is 169 Å². The van der Waals surface area contributed by atoms with Crippen molar-refractivity contribution in [2.75, 3.05) is 0 Å². The first-order valence-corrected chi connectivity index (χ1v) is 12.3. The second-order valence-electron chi connectivity index (χ2n) is 10.8. The van der Waals surface area contributed by atoms with E-state index in [1.165, 1.54) is 0 Å². The second kappa shape index (κ2) is 13.4. The molecule has 0 aliphatic heterocycles. The van der Waals surface area contributed by atoms with E-state index in [4.69, 9.17) is 0 Å². The van der Waals surface area contributed by atoms with Crippen LogP contribution in [0.1, 0.15) is 0 Å².